The van der Waals surface area contributed by atoms with Gasteiger partial charge in [-0.15, -0.1) is 10.2 Å². The Labute approximate surface area is 149 Å². The normalized spacial score (nSPS) is 19.2. The highest BCUT2D eigenvalue weighted by atomic mass is 16.6. The summed E-state index contributed by atoms with van der Waals surface area (Å²) in [5, 5.41) is 11.5. The van der Waals surface area contributed by atoms with E-state index in [4.69, 9.17) is 9.47 Å². The van der Waals surface area contributed by atoms with Gasteiger partial charge in [0.15, 0.2) is 17.1 Å². The summed E-state index contributed by atoms with van der Waals surface area (Å²) in [5.41, 5.74) is 1.28. The van der Waals surface area contributed by atoms with Gasteiger partial charge in [-0.3, -0.25) is 9.20 Å². The fourth-order valence-corrected chi connectivity index (χ4v) is 3.34. The molecule has 26 heavy (non-hydrogen) atoms. The van der Waals surface area contributed by atoms with Crippen LogP contribution in [0.2, 0.25) is 0 Å². The smallest absolute Gasteiger partial charge is 0.269 e. The molecule has 1 N–H and O–H groups in total. The Morgan fingerprint density at radius 3 is 2.77 bits per heavy atom. The number of nitrogens with one attached hydrogen (secondary N) is 1. The average Bonchev–Trinajstić information content (AvgIpc) is 3.05. The molecule has 1 amide bonds. The number of carbonyl (C=O) groups excluding carboxylic acids is 1. The van der Waals surface area contributed by atoms with Gasteiger partial charge in [-0.1, -0.05) is 18.6 Å². The van der Waals surface area contributed by atoms with E-state index in [1.54, 1.807) is 6.07 Å². The van der Waals surface area contributed by atoms with Crippen LogP contribution in [0.3, 0.4) is 0 Å². The van der Waals surface area contributed by atoms with Gasteiger partial charge in [0.25, 0.3) is 5.91 Å². The van der Waals surface area contributed by atoms with Crippen molar-refractivity contribution >= 4 is 17.2 Å². The van der Waals surface area contributed by atoms with E-state index in [2.05, 4.69) is 15.5 Å². The van der Waals surface area contributed by atoms with Crippen molar-refractivity contribution in [3.05, 3.63) is 48.4 Å². The highest BCUT2D eigenvalue weighted by molar-refractivity contribution is 5.97. The minimum absolute atomic E-state index is 0.173. The lowest BCUT2D eigenvalue weighted by Gasteiger charge is -2.25. The van der Waals surface area contributed by atoms with E-state index in [1.807, 2.05) is 40.9 Å². The first kappa shape index (κ1) is 15.2. The molecule has 0 bridgehead atoms. The third-order valence-electron chi connectivity index (χ3n) is 4.99. The Morgan fingerprint density at radius 1 is 1.12 bits per heavy atom. The second-order valence-corrected chi connectivity index (χ2v) is 6.65. The SMILES string of the molecule is O=C(Nc1cccn2c(C3CCC3)nnc12)C1COc2ccccc2O1. The molecule has 1 aromatic carbocycles. The summed E-state index contributed by atoms with van der Waals surface area (Å²) in [7, 11) is 0. The summed E-state index contributed by atoms with van der Waals surface area (Å²) < 4.78 is 13.4. The van der Waals surface area contributed by atoms with Crippen molar-refractivity contribution in [3.63, 3.8) is 0 Å². The minimum atomic E-state index is -0.709. The number of benzene rings is 1. The number of hydrogen-bond donors (Lipinski definition) is 1. The Hall–Kier alpha value is -3.09. The van der Waals surface area contributed by atoms with Crippen molar-refractivity contribution in [1.82, 2.24) is 14.6 Å². The third-order valence-corrected chi connectivity index (χ3v) is 4.99. The van der Waals surface area contributed by atoms with Gasteiger partial charge in [0.05, 0.1) is 5.69 Å². The van der Waals surface area contributed by atoms with Gasteiger partial charge in [-0.25, -0.2) is 0 Å². The Kier molecular flexibility index (Phi) is 3.51. The number of hydrogen-bond acceptors (Lipinski definition) is 5. The first-order valence-corrected chi connectivity index (χ1v) is 8.82. The second kappa shape index (κ2) is 6.01. The van der Waals surface area contributed by atoms with Crippen LogP contribution in [0.15, 0.2) is 42.6 Å². The Bertz CT molecular complexity index is 980. The average molecular weight is 350 g/mol. The zero-order valence-electron chi connectivity index (χ0n) is 14.1. The van der Waals surface area contributed by atoms with Crippen LogP contribution in [-0.2, 0) is 4.79 Å². The predicted molar refractivity (Wildman–Crippen MR) is 94.6 cm³/mol. The molecule has 1 aliphatic carbocycles. The first-order chi connectivity index (χ1) is 12.8. The van der Waals surface area contributed by atoms with Crippen LogP contribution in [0.5, 0.6) is 11.5 Å². The lowest BCUT2D eigenvalue weighted by atomic mass is 9.85. The number of rotatable bonds is 3. The molecule has 7 heteroatoms. The molecule has 1 atom stereocenters. The van der Waals surface area contributed by atoms with Gasteiger partial charge in [0.2, 0.25) is 6.10 Å². The van der Waals surface area contributed by atoms with E-state index < -0.39 is 6.10 Å². The number of amides is 1. The largest absolute Gasteiger partial charge is 0.485 e. The van der Waals surface area contributed by atoms with Gasteiger partial charge in [0, 0.05) is 12.1 Å². The van der Waals surface area contributed by atoms with Gasteiger partial charge < -0.3 is 14.8 Å². The van der Waals surface area contributed by atoms with E-state index in [1.165, 1.54) is 6.42 Å². The van der Waals surface area contributed by atoms with Crippen molar-refractivity contribution < 1.29 is 14.3 Å². The van der Waals surface area contributed by atoms with Crippen LogP contribution in [0.4, 0.5) is 5.69 Å². The maximum Gasteiger partial charge on any atom is 0.269 e. The quantitative estimate of drug-likeness (QED) is 0.786. The maximum absolute atomic E-state index is 12.7. The number of nitrogens with zero attached hydrogens (tertiary/aromatic N) is 3. The maximum atomic E-state index is 12.7. The lowest BCUT2D eigenvalue weighted by Crippen LogP contribution is -2.40. The van der Waals surface area contributed by atoms with E-state index >= 15 is 0 Å². The molecule has 3 heterocycles. The monoisotopic (exact) mass is 350 g/mol. The highest BCUT2D eigenvalue weighted by Crippen LogP contribution is 2.36. The molecule has 132 valence electrons. The summed E-state index contributed by atoms with van der Waals surface area (Å²) in [5.74, 6) is 2.39. The molecule has 7 nitrogen and oxygen atoms in total. The molecular formula is C19H18N4O3. The van der Waals surface area contributed by atoms with E-state index in [-0.39, 0.29) is 12.5 Å². The van der Waals surface area contributed by atoms with Crippen molar-refractivity contribution in [2.24, 2.45) is 0 Å². The standard InChI is InChI=1S/C19H18N4O3/c24-19(16-11-25-14-8-1-2-9-15(14)26-16)20-13-7-4-10-23-17(12-5-3-6-12)21-22-18(13)23/h1-2,4,7-10,12,16H,3,5-6,11H2,(H,20,24). The topological polar surface area (TPSA) is 77.8 Å². The molecule has 0 saturated heterocycles. The molecule has 0 spiro atoms. The zero-order chi connectivity index (χ0) is 17.5. The summed E-state index contributed by atoms with van der Waals surface area (Å²) in [6.45, 7) is 0.173. The summed E-state index contributed by atoms with van der Waals surface area (Å²) in [4.78, 5) is 12.7. The second-order valence-electron chi connectivity index (χ2n) is 6.65. The number of anilines is 1. The third kappa shape index (κ3) is 2.47. The minimum Gasteiger partial charge on any atom is -0.485 e. The molecule has 3 aromatic rings. The van der Waals surface area contributed by atoms with E-state index in [0.29, 0.717) is 28.8 Å². The van der Waals surface area contributed by atoms with Crippen LogP contribution in [-0.4, -0.2) is 33.2 Å². The molecule has 1 aliphatic heterocycles. The number of pyridine rings is 1. The number of carbonyl (C=O) groups is 1. The number of fused-ring (bicyclic) bond motifs is 2. The van der Waals surface area contributed by atoms with Crippen LogP contribution >= 0.6 is 0 Å². The molecule has 1 saturated carbocycles. The molecule has 2 aliphatic rings. The van der Waals surface area contributed by atoms with Gasteiger partial charge in [-0.05, 0) is 37.1 Å². The highest BCUT2D eigenvalue weighted by Gasteiger charge is 2.29. The van der Waals surface area contributed by atoms with Crippen LogP contribution in [0.1, 0.15) is 31.0 Å². The van der Waals surface area contributed by atoms with Crippen LogP contribution in [0.25, 0.3) is 5.65 Å². The van der Waals surface area contributed by atoms with Crippen LogP contribution < -0.4 is 14.8 Å². The summed E-state index contributed by atoms with van der Waals surface area (Å²) >= 11 is 0. The molecule has 5 rings (SSSR count). The van der Waals surface area contributed by atoms with Crippen molar-refractivity contribution in [1.29, 1.82) is 0 Å². The molecule has 1 unspecified atom stereocenters. The first-order valence-electron chi connectivity index (χ1n) is 8.82. The van der Waals surface area contributed by atoms with Crippen molar-refractivity contribution in [3.8, 4) is 11.5 Å². The predicted octanol–water partition coefficient (Wildman–Crippen LogP) is 2.78. The number of ether oxygens (including phenoxy) is 2. The summed E-state index contributed by atoms with van der Waals surface area (Å²) in [6.07, 6.45) is 4.75. The Balaban J connectivity index is 1.38. The van der Waals surface area contributed by atoms with Gasteiger partial charge in [-0.2, -0.15) is 0 Å². The molecular weight excluding hydrogens is 332 g/mol. The summed E-state index contributed by atoms with van der Waals surface area (Å²) in [6, 6.07) is 11.0. The van der Waals surface area contributed by atoms with Crippen molar-refractivity contribution in [2.45, 2.75) is 31.3 Å². The molecule has 0 radical (unpaired) electrons. The molecule has 2 aromatic heterocycles. The lowest BCUT2D eigenvalue weighted by molar-refractivity contribution is -0.125. The number of para-hydroxylation sites is 2. The molecule has 1 fully saturated rings. The van der Waals surface area contributed by atoms with E-state index in [9.17, 15) is 4.79 Å². The fraction of sp³-hybridized carbons (Fsp3) is 0.316. The fourth-order valence-electron chi connectivity index (χ4n) is 3.34. The zero-order valence-corrected chi connectivity index (χ0v) is 14.1. The van der Waals surface area contributed by atoms with Gasteiger partial charge >= 0.3 is 0 Å². The van der Waals surface area contributed by atoms with Gasteiger partial charge in [0.1, 0.15) is 12.4 Å². The van der Waals surface area contributed by atoms with Crippen molar-refractivity contribution in [2.75, 3.05) is 11.9 Å². The number of aromatic nitrogens is 3. The Morgan fingerprint density at radius 2 is 1.96 bits per heavy atom. The van der Waals surface area contributed by atoms with Crippen LogP contribution in [0, 0.1) is 0 Å². The van der Waals surface area contributed by atoms with E-state index in [0.717, 1.165) is 18.7 Å².